The van der Waals surface area contributed by atoms with E-state index in [9.17, 15) is 23.3 Å². The number of carbonyl (C=O) groups excluding carboxylic acids is 1. The number of fused-ring (bicyclic) bond motifs is 3. The molecule has 0 saturated heterocycles. The Morgan fingerprint density at radius 1 is 0.933 bits per heavy atom. The molecule has 152 valence electrons. The van der Waals surface area contributed by atoms with E-state index in [-0.39, 0.29) is 12.5 Å². The van der Waals surface area contributed by atoms with Crippen molar-refractivity contribution in [3.8, 4) is 11.1 Å². The second-order valence-electron chi connectivity index (χ2n) is 6.66. The van der Waals surface area contributed by atoms with Crippen molar-refractivity contribution in [2.45, 2.75) is 10.8 Å². The van der Waals surface area contributed by atoms with Crippen LogP contribution in [0, 0.1) is 10.1 Å². The van der Waals surface area contributed by atoms with Gasteiger partial charge in [-0.25, -0.2) is 17.9 Å². The number of rotatable bonds is 5. The Labute approximate surface area is 172 Å². The lowest BCUT2D eigenvalue weighted by atomic mass is 9.98. The Balaban J connectivity index is 1.52. The van der Waals surface area contributed by atoms with Gasteiger partial charge in [0.2, 0.25) is 0 Å². The lowest BCUT2D eigenvalue weighted by Gasteiger charge is -2.14. The summed E-state index contributed by atoms with van der Waals surface area (Å²) in [6.45, 7) is -0.0771. The summed E-state index contributed by atoms with van der Waals surface area (Å²) in [6.07, 6.45) is -1.20. The number of hydrogen-bond donors (Lipinski definition) is 1. The molecule has 3 aromatic carbocycles. The van der Waals surface area contributed by atoms with E-state index in [1.807, 2.05) is 48.5 Å². The van der Waals surface area contributed by atoms with Gasteiger partial charge < -0.3 is 4.74 Å². The standard InChI is InChI=1S/C21H16N2O6S/c24-21(22-30(27,28)20-12-6-5-11-19(20)23(25)26)29-13-18-16-9-3-1-7-14(16)15-8-2-4-10-17(15)18/h1-12,18H,13H2,(H,22,24)/i22+1. The van der Waals surface area contributed by atoms with E-state index < -0.39 is 31.6 Å². The zero-order chi connectivity index (χ0) is 21.3. The lowest BCUT2D eigenvalue weighted by molar-refractivity contribution is -0.387. The highest BCUT2D eigenvalue weighted by atomic mass is 32.2. The molecular formula is C21H16N2O6S. The summed E-state index contributed by atoms with van der Waals surface area (Å²) >= 11 is 0. The van der Waals surface area contributed by atoms with Crippen LogP contribution in [0.3, 0.4) is 0 Å². The fourth-order valence-electron chi connectivity index (χ4n) is 3.63. The van der Waals surface area contributed by atoms with E-state index in [0.29, 0.717) is 0 Å². The SMILES string of the molecule is O=C([15NH]S(=O)(=O)c1ccccc1[N+](=O)[O-])OCC1c2ccccc2-c2ccccc21. The number of ether oxygens (including phenoxy) is 1. The molecule has 0 atom stereocenters. The van der Waals surface area contributed by atoms with Crippen LogP contribution in [-0.4, -0.2) is 26.0 Å². The van der Waals surface area contributed by atoms with Gasteiger partial charge >= 0.3 is 6.09 Å². The summed E-state index contributed by atoms with van der Waals surface area (Å²) in [7, 11) is -4.47. The van der Waals surface area contributed by atoms with Crippen molar-refractivity contribution < 1.29 is 22.9 Å². The van der Waals surface area contributed by atoms with Gasteiger partial charge in [-0.05, 0) is 28.3 Å². The predicted molar refractivity (Wildman–Crippen MR) is 108 cm³/mol. The van der Waals surface area contributed by atoms with Crippen molar-refractivity contribution in [2.75, 3.05) is 6.61 Å². The smallest absolute Gasteiger partial charge is 0.421 e. The quantitative estimate of drug-likeness (QED) is 0.377. The van der Waals surface area contributed by atoms with Crippen molar-refractivity contribution in [1.29, 1.82) is 0 Å². The minimum atomic E-state index is -4.47. The zero-order valence-electron chi connectivity index (χ0n) is 15.5. The summed E-state index contributed by atoms with van der Waals surface area (Å²) in [5.41, 5.74) is 3.40. The first-order chi connectivity index (χ1) is 14.4. The van der Waals surface area contributed by atoms with Crippen molar-refractivity contribution in [1.82, 2.24) is 4.72 Å². The van der Waals surface area contributed by atoms with Crippen molar-refractivity contribution in [3.63, 3.8) is 0 Å². The second kappa shape index (κ2) is 7.60. The molecule has 1 amide bonds. The Hall–Kier alpha value is -3.72. The summed E-state index contributed by atoms with van der Waals surface area (Å²) < 4.78 is 31.8. The molecule has 1 aliphatic carbocycles. The zero-order valence-corrected chi connectivity index (χ0v) is 16.3. The molecule has 0 spiro atoms. The molecule has 0 aliphatic heterocycles. The summed E-state index contributed by atoms with van der Waals surface area (Å²) in [5.74, 6) is -0.239. The Morgan fingerprint density at radius 2 is 1.47 bits per heavy atom. The number of nitrogens with one attached hydrogen (secondary N) is 1. The van der Waals surface area contributed by atoms with Gasteiger partial charge in [0, 0.05) is 12.0 Å². The third-order valence-electron chi connectivity index (χ3n) is 4.91. The van der Waals surface area contributed by atoms with Gasteiger partial charge in [-0.15, -0.1) is 0 Å². The maximum atomic E-state index is 12.4. The largest absolute Gasteiger partial charge is 0.448 e. The number of para-hydroxylation sites is 1. The number of carbonyl (C=O) groups is 1. The third-order valence-corrected chi connectivity index (χ3v) is 6.27. The number of sulfonamides is 1. The number of amides is 1. The van der Waals surface area contributed by atoms with E-state index in [2.05, 4.69) is 0 Å². The minimum absolute atomic E-state index is 0.0771. The molecule has 8 nitrogen and oxygen atoms in total. The fourth-order valence-corrected chi connectivity index (χ4v) is 4.69. The highest BCUT2D eigenvalue weighted by molar-refractivity contribution is 7.90. The van der Waals surface area contributed by atoms with E-state index in [1.54, 1.807) is 4.72 Å². The number of benzene rings is 3. The normalized spacial score (nSPS) is 12.7. The molecule has 0 fully saturated rings. The summed E-state index contributed by atoms with van der Waals surface area (Å²) in [6, 6.07) is 20.2. The van der Waals surface area contributed by atoms with Gasteiger partial charge in [0.25, 0.3) is 15.7 Å². The molecular weight excluding hydrogens is 409 g/mol. The van der Waals surface area contributed by atoms with Gasteiger partial charge in [0.05, 0.1) is 4.92 Å². The van der Waals surface area contributed by atoms with E-state index in [0.717, 1.165) is 34.4 Å². The second-order valence-corrected chi connectivity index (χ2v) is 8.31. The van der Waals surface area contributed by atoms with Crippen LogP contribution in [0.2, 0.25) is 0 Å². The molecule has 1 aliphatic rings. The Morgan fingerprint density at radius 3 is 2.07 bits per heavy atom. The Bertz CT molecular complexity index is 1210. The average molecular weight is 425 g/mol. The molecule has 0 heterocycles. The maximum Gasteiger partial charge on any atom is 0.421 e. The lowest BCUT2D eigenvalue weighted by Crippen LogP contribution is -2.32. The first kappa shape index (κ1) is 19.6. The summed E-state index contributed by atoms with van der Waals surface area (Å²) in [5, 5.41) is 11.1. The van der Waals surface area contributed by atoms with Gasteiger partial charge in [-0.3, -0.25) is 10.1 Å². The fraction of sp³-hybridized carbons (Fsp3) is 0.0952. The van der Waals surface area contributed by atoms with E-state index in [1.165, 1.54) is 12.1 Å². The maximum absolute atomic E-state index is 12.4. The third kappa shape index (κ3) is 3.50. The molecule has 1 N–H and O–H groups in total. The first-order valence-corrected chi connectivity index (χ1v) is 10.5. The van der Waals surface area contributed by atoms with Gasteiger partial charge in [0.15, 0.2) is 4.90 Å². The van der Waals surface area contributed by atoms with Crippen molar-refractivity contribution in [2.24, 2.45) is 0 Å². The minimum Gasteiger partial charge on any atom is -0.448 e. The molecule has 0 radical (unpaired) electrons. The van der Waals surface area contributed by atoms with Gasteiger partial charge in [-0.2, -0.15) is 0 Å². The van der Waals surface area contributed by atoms with Gasteiger partial charge in [-0.1, -0.05) is 60.7 Å². The summed E-state index contributed by atoms with van der Waals surface area (Å²) in [4.78, 5) is 21.9. The number of nitro groups is 1. The number of nitro benzene ring substituents is 1. The molecule has 9 heteroatoms. The van der Waals surface area contributed by atoms with Crippen LogP contribution in [0.25, 0.3) is 11.1 Å². The van der Waals surface area contributed by atoms with Crippen LogP contribution in [0.5, 0.6) is 0 Å². The molecule has 4 rings (SSSR count). The van der Waals surface area contributed by atoms with Crippen LogP contribution in [0.1, 0.15) is 17.0 Å². The van der Waals surface area contributed by atoms with Crippen LogP contribution < -0.4 is 4.72 Å². The Kier molecular flexibility index (Phi) is 4.96. The molecule has 0 bridgehead atoms. The highest BCUT2D eigenvalue weighted by Gasteiger charge is 2.31. The van der Waals surface area contributed by atoms with Crippen LogP contribution in [0.4, 0.5) is 10.5 Å². The van der Waals surface area contributed by atoms with E-state index >= 15 is 0 Å². The van der Waals surface area contributed by atoms with Crippen LogP contribution in [0.15, 0.2) is 77.7 Å². The molecule has 0 saturated carbocycles. The van der Waals surface area contributed by atoms with Crippen molar-refractivity contribution in [3.05, 3.63) is 94.0 Å². The highest BCUT2D eigenvalue weighted by Crippen LogP contribution is 2.44. The van der Waals surface area contributed by atoms with E-state index in [4.69, 9.17) is 4.74 Å². The topological polar surface area (TPSA) is 116 Å². The molecule has 0 unspecified atom stereocenters. The molecule has 0 aromatic heterocycles. The van der Waals surface area contributed by atoms with Crippen LogP contribution >= 0.6 is 0 Å². The average Bonchev–Trinajstić information content (AvgIpc) is 3.06. The van der Waals surface area contributed by atoms with Crippen molar-refractivity contribution >= 4 is 21.8 Å². The monoisotopic (exact) mass is 425 g/mol. The number of nitrogens with zero attached hydrogens (tertiary/aromatic N) is 1. The van der Waals surface area contributed by atoms with Gasteiger partial charge in [0.1, 0.15) is 6.61 Å². The predicted octanol–water partition coefficient (Wildman–Crippen LogP) is 3.82. The molecule has 3 aromatic rings. The first-order valence-electron chi connectivity index (χ1n) is 8.99. The molecule has 30 heavy (non-hydrogen) atoms. The van der Waals surface area contributed by atoms with Crippen LogP contribution in [-0.2, 0) is 14.8 Å². The number of hydrogen-bond acceptors (Lipinski definition) is 6.